The normalized spacial score (nSPS) is 12.4. The molecule has 10 nitrogen and oxygen atoms in total. The van der Waals surface area contributed by atoms with E-state index >= 15 is 0 Å². The van der Waals surface area contributed by atoms with Gasteiger partial charge >= 0.3 is 6.18 Å². The number of halogens is 3. The number of nitrogens with two attached hydrogens (primary N) is 1. The van der Waals surface area contributed by atoms with Gasteiger partial charge in [-0.3, -0.25) is 9.59 Å². The zero-order valence-corrected chi connectivity index (χ0v) is 18.5. The van der Waals surface area contributed by atoms with E-state index in [9.17, 15) is 22.8 Å². The summed E-state index contributed by atoms with van der Waals surface area (Å²) >= 11 is 0. The molecule has 2 heterocycles. The molecule has 1 unspecified atom stereocenters. The van der Waals surface area contributed by atoms with Gasteiger partial charge < -0.3 is 11.1 Å². The Hall–Kier alpha value is -4.55. The van der Waals surface area contributed by atoms with Crippen molar-refractivity contribution >= 4 is 11.6 Å². The lowest BCUT2D eigenvalue weighted by Gasteiger charge is -2.17. The summed E-state index contributed by atoms with van der Waals surface area (Å²) in [5, 5.41) is 18.0. The second-order valence-electron chi connectivity index (χ2n) is 7.73. The van der Waals surface area contributed by atoms with Crippen LogP contribution in [0.3, 0.4) is 0 Å². The predicted molar refractivity (Wildman–Crippen MR) is 119 cm³/mol. The third-order valence-electron chi connectivity index (χ3n) is 5.15. The number of hydrogen-bond acceptors (Lipinski definition) is 7. The second-order valence-corrected chi connectivity index (χ2v) is 7.73. The number of nitrogen functional groups attached to an aromatic ring is 1. The standard InChI is InChI=1S/C22H19F3N8O2/c1-12(14-8-15(22(23,24)25)11-16(26)9-14)27-21(35)18-6-7-19(34)33(29-18)17-5-3-4-13(10-17)20-28-30-31-32(20)2/h3-12H,26H2,1-2H3,(H,27,35). The second kappa shape index (κ2) is 9.00. The summed E-state index contributed by atoms with van der Waals surface area (Å²) in [7, 11) is 1.66. The molecule has 0 aliphatic carbocycles. The van der Waals surface area contributed by atoms with Gasteiger partial charge in [0.25, 0.3) is 11.5 Å². The van der Waals surface area contributed by atoms with Gasteiger partial charge in [0.15, 0.2) is 5.82 Å². The quantitative estimate of drug-likeness (QED) is 0.416. The fourth-order valence-electron chi connectivity index (χ4n) is 3.41. The van der Waals surface area contributed by atoms with Crippen molar-refractivity contribution in [3.8, 4) is 17.1 Å². The maximum atomic E-state index is 13.1. The summed E-state index contributed by atoms with van der Waals surface area (Å²) in [6.45, 7) is 1.52. The van der Waals surface area contributed by atoms with Crippen LogP contribution in [0.1, 0.15) is 34.6 Å². The zero-order chi connectivity index (χ0) is 25.3. The molecule has 0 spiro atoms. The van der Waals surface area contributed by atoms with E-state index in [1.807, 2.05) is 0 Å². The van der Waals surface area contributed by atoms with Gasteiger partial charge in [-0.2, -0.15) is 23.0 Å². The first-order chi connectivity index (χ1) is 16.5. The van der Waals surface area contributed by atoms with E-state index < -0.39 is 29.2 Å². The van der Waals surface area contributed by atoms with Gasteiger partial charge in [0.1, 0.15) is 5.69 Å². The Bertz CT molecular complexity index is 1460. The Morgan fingerprint density at radius 3 is 2.57 bits per heavy atom. The Morgan fingerprint density at radius 1 is 1.11 bits per heavy atom. The number of hydrogen-bond donors (Lipinski definition) is 2. The first-order valence-electron chi connectivity index (χ1n) is 10.2. The van der Waals surface area contributed by atoms with Gasteiger partial charge in [0.2, 0.25) is 0 Å². The van der Waals surface area contributed by atoms with Crippen molar-refractivity contribution in [2.24, 2.45) is 7.05 Å². The van der Waals surface area contributed by atoms with Crippen LogP contribution in [0, 0.1) is 0 Å². The molecule has 2 aromatic heterocycles. The Kier molecular flexibility index (Phi) is 6.07. The van der Waals surface area contributed by atoms with Gasteiger partial charge in [0, 0.05) is 24.4 Å². The van der Waals surface area contributed by atoms with E-state index in [4.69, 9.17) is 5.73 Å². The fraction of sp³-hybridized carbons (Fsp3) is 0.182. The molecule has 4 rings (SSSR count). The number of aryl methyl sites for hydroxylation is 1. The van der Waals surface area contributed by atoms with E-state index in [1.54, 1.807) is 31.3 Å². The van der Waals surface area contributed by atoms with Crippen molar-refractivity contribution in [1.29, 1.82) is 0 Å². The van der Waals surface area contributed by atoms with Crippen LogP contribution in [0.15, 0.2) is 59.4 Å². The van der Waals surface area contributed by atoms with Gasteiger partial charge in [-0.1, -0.05) is 12.1 Å². The SMILES string of the molecule is CC(NC(=O)c1ccc(=O)n(-c2cccc(-c3nnnn3C)c2)n1)c1cc(N)cc(C(F)(F)F)c1. The number of aromatic nitrogens is 6. The lowest BCUT2D eigenvalue weighted by atomic mass is 10.0. The molecule has 0 aliphatic rings. The molecule has 35 heavy (non-hydrogen) atoms. The number of rotatable bonds is 5. The monoisotopic (exact) mass is 484 g/mol. The topological polar surface area (TPSA) is 134 Å². The maximum Gasteiger partial charge on any atom is 0.416 e. The minimum atomic E-state index is -4.58. The Balaban J connectivity index is 1.61. The minimum Gasteiger partial charge on any atom is -0.399 e. The number of benzene rings is 2. The van der Waals surface area contributed by atoms with E-state index in [2.05, 4.69) is 25.9 Å². The number of nitrogens with one attached hydrogen (secondary N) is 1. The van der Waals surface area contributed by atoms with Crippen LogP contribution >= 0.6 is 0 Å². The minimum absolute atomic E-state index is 0.0828. The van der Waals surface area contributed by atoms with E-state index in [1.165, 1.54) is 29.8 Å². The van der Waals surface area contributed by atoms with Crippen molar-refractivity contribution in [2.75, 3.05) is 5.73 Å². The van der Waals surface area contributed by atoms with Crippen molar-refractivity contribution < 1.29 is 18.0 Å². The molecule has 0 saturated heterocycles. The fourth-order valence-corrected chi connectivity index (χ4v) is 3.41. The van der Waals surface area contributed by atoms with Crippen molar-refractivity contribution in [1.82, 2.24) is 35.3 Å². The molecule has 180 valence electrons. The highest BCUT2D eigenvalue weighted by atomic mass is 19.4. The predicted octanol–water partition coefficient (Wildman–Crippen LogP) is 2.51. The number of carbonyl (C=O) groups is 1. The molecule has 13 heteroatoms. The van der Waals surface area contributed by atoms with Gasteiger partial charge in [-0.25, -0.2) is 4.68 Å². The highest BCUT2D eigenvalue weighted by Gasteiger charge is 2.31. The van der Waals surface area contributed by atoms with Crippen molar-refractivity contribution in [3.05, 3.63) is 81.8 Å². The molecule has 0 radical (unpaired) electrons. The van der Waals surface area contributed by atoms with E-state index in [-0.39, 0.29) is 16.9 Å². The smallest absolute Gasteiger partial charge is 0.399 e. The molecule has 0 fully saturated rings. The molecule has 0 bridgehead atoms. The lowest BCUT2D eigenvalue weighted by Crippen LogP contribution is -2.30. The largest absolute Gasteiger partial charge is 0.416 e. The average molecular weight is 484 g/mol. The molecular weight excluding hydrogens is 465 g/mol. The zero-order valence-electron chi connectivity index (χ0n) is 18.5. The summed E-state index contributed by atoms with van der Waals surface area (Å²) in [5.41, 5.74) is 5.17. The molecule has 0 aliphatic heterocycles. The summed E-state index contributed by atoms with van der Waals surface area (Å²) in [5.74, 6) is -0.223. The van der Waals surface area contributed by atoms with E-state index in [0.29, 0.717) is 17.1 Å². The molecule has 1 atom stereocenters. The molecule has 0 saturated carbocycles. The van der Waals surface area contributed by atoms with Crippen LogP contribution in [0.5, 0.6) is 0 Å². The number of nitrogens with zero attached hydrogens (tertiary/aromatic N) is 6. The van der Waals surface area contributed by atoms with Gasteiger partial charge in [0.05, 0.1) is 17.3 Å². The molecule has 4 aromatic rings. The number of amides is 1. The van der Waals surface area contributed by atoms with Crippen LogP contribution in [-0.2, 0) is 13.2 Å². The van der Waals surface area contributed by atoms with Gasteiger partial charge in [-0.05, 0) is 59.3 Å². The van der Waals surface area contributed by atoms with Crippen LogP contribution in [0.25, 0.3) is 17.1 Å². The highest BCUT2D eigenvalue weighted by molar-refractivity contribution is 5.92. The first-order valence-corrected chi connectivity index (χ1v) is 10.2. The molecule has 1 amide bonds. The summed E-state index contributed by atoms with van der Waals surface area (Å²) in [4.78, 5) is 25.3. The van der Waals surface area contributed by atoms with Crippen molar-refractivity contribution in [3.63, 3.8) is 0 Å². The van der Waals surface area contributed by atoms with E-state index in [0.717, 1.165) is 16.8 Å². The number of carbonyl (C=O) groups excluding carboxylic acids is 1. The first kappa shape index (κ1) is 23.6. The number of alkyl halides is 3. The Morgan fingerprint density at radius 2 is 1.89 bits per heavy atom. The number of tetrazole rings is 1. The third-order valence-corrected chi connectivity index (χ3v) is 5.15. The molecule has 2 aromatic carbocycles. The summed E-state index contributed by atoms with van der Waals surface area (Å²) in [6, 6.07) is 11.4. The van der Waals surface area contributed by atoms with Crippen molar-refractivity contribution in [2.45, 2.75) is 19.1 Å². The summed E-state index contributed by atoms with van der Waals surface area (Å²) in [6.07, 6.45) is -4.58. The molecular formula is C22H19F3N8O2. The van der Waals surface area contributed by atoms with Crippen LogP contribution in [0.4, 0.5) is 18.9 Å². The van der Waals surface area contributed by atoms with Crippen LogP contribution in [0.2, 0.25) is 0 Å². The average Bonchev–Trinajstić information content (AvgIpc) is 3.24. The number of anilines is 1. The highest BCUT2D eigenvalue weighted by Crippen LogP contribution is 2.32. The lowest BCUT2D eigenvalue weighted by molar-refractivity contribution is -0.137. The maximum absolute atomic E-state index is 13.1. The third kappa shape index (κ3) is 5.03. The molecule has 3 N–H and O–H groups in total. The summed E-state index contributed by atoms with van der Waals surface area (Å²) < 4.78 is 41.9. The van der Waals surface area contributed by atoms with Gasteiger partial charge in [-0.15, -0.1) is 5.10 Å². The van der Waals surface area contributed by atoms with Crippen LogP contribution < -0.4 is 16.6 Å². The van der Waals surface area contributed by atoms with Crippen LogP contribution in [-0.4, -0.2) is 35.9 Å². The Labute approximate surface area is 196 Å².